The van der Waals surface area contributed by atoms with Crippen LogP contribution in [0.3, 0.4) is 0 Å². The van der Waals surface area contributed by atoms with Gasteiger partial charge >= 0.3 is 0 Å². The maximum Gasteiger partial charge on any atom is 0.231 e. The third-order valence-corrected chi connectivity index (χ3v) is 3.53. The van der Waals surface area contributed by atoms with Crippen molar-refractivity contribution in [3.8, 4) is 0 Å². The lowest BCUT2D eigenvalue weighted by molar-refractivity contribution is 0.303. The summed E-state index contributed by atoms with van der Waals surface area (Å²) in [6, 6.07) is 0.511. The van der Waals surface area contributed by atoms with Crippen LogP contribution in [0.25, 0.3) is 0 Å². The fourth-order valence-corrected chi connectivity index (χ4v) is 2.64. The number of rotatable bonds is 4. The van der Waals surface area contributed by atoms with Crippen LogP contribution >= 0.6 is 0 Å². The van der Waals surface area contributed by atoms with Gasteiger partial charge in [0.2, 0.25) is 5.89 Å². The zero-order valence-corrected chi connectivity index (χ0v) is 10.9. The summed E-state index contributed by atoms with van der Waals surface area (Å²) in [5.41, 5.74) is 0. The second-order valence-corrected chi connectivity index (χ2v) is 4.98. The number of aryl methyl sites for hydroxylation is 1. The van der Waals surface area contributed by atoms with Crippen molar-refractivity contribution in [3.63, 3.8) is 0 Å². The van der Waals surface area contributed by atoms with Gasteiger partial charge in [-0.1, -0.05) is 31.3 Å². The van der Waals surface area contributed by atoms with E-state index in [4.69, 9.17) is 4.52 Å². The fourth-order valence-electron chi connectivity index (χ4n) is 2.64. The van der Waals surface area contributed by atoms with Crippen molar-refractivity contribution in [1.29, 1.82) is 0 Å². The van der Waals surface area contributed by atoms with Crippen LogP contribution in [0.2, 0.25) is 0 Å². The lowest BCUT2D eigenvalue weighted by Gasteiger charge is -2.23. The predicted molar refractivity (Wildman–Crippen MR) is 66.9 cm³/mol. The highest BCUT2D eigenvalue weighted by Gasteiger charge is 2.28. The van der Waals surface area contributed by atoms with Crippen LogP contribution in [0.4, 0.5) is 0 Å². The first kappa shape index (κ1) is 12.6. The fraction of sp³-hybridized carbons (Fsp3) is 0.846. The molecule has 0 amide bonds. The first-order valence-corrected chi connectivity index (χ1v) is 6.85. The molecule has 2 unspecified atom stereocenters. The maximum absolute atomic E-state index is 5.37. The smallest absolute Gasteiger partial charge is 0.231 e. The third kappa shape index (κ3) is 3.28. The molecule has 2 rings (SSSR count). The molecule has 96 valence electrons. The monoisotopic (exact) mass is 237 g/mol. The van der Waals surface area contributed by atoms with Crippen molar-refractivity contribution in [1.82, 2.24) is 15.5 Å². The van der Waals surface area contributed by atoms with Crippen molar-refractivity contribution < 1.29 is 4.52 Å². The molecule has 4 nitrogen and oxygen atoms in total. The molecular formula is C13H23N3O. The van der Waals surface area contributed by atoms with Crippen LogP contribution in [0.15, 0.2) is 4.52 Å². The van der Waals surface area contributed by atoms with E-state index in [1.807, 2.05) is 6.92 Å². The van der Waals surface area contributed by atoms with E-state index in [-0.39, 0.29) is 0 Å². The summed E-state index contributed by atoms with van der Waals surface area (Å²) in [7, 11) is 0. The van der Waals surface area contributed by atoms with Gasteiger partial charge in [-0.2, -0.15) is 4.98 Å². The minimum Gasteiger partial charge on any atom is -0.339 e. The lowest BCUT2D eigenvalue weighted by Crippen LogP contribution is -2.35. The largest absolute Gasteiger partial charge is 0.339 e. The Bertz CT molecular complexity index is 337. The average molecular weight is 237 g/mol. The van der Waals surface area contributed by atoms with Gasteiger partial charge in [-0.15, -0.1) is 0 Å². The molecule has 17 heavy (non-hydrogen) atoms. The van der Waals surface area contributed by atoms with E-state index in [1.165, 1.54) is 38.5 Å². The molecule has 1 aromatic rings. The van der Waals surface area contributed by atoms with Gasteiger partial charge < -0.3 is 9.84 Å². The molecule has 0 saturated heterocycles. The average Bonchev–Trinajstić information content (AvgIpc) is 2.63. The van der Waals surface area contributed by atoms with Crippen LogP contribution in [0.5, 0.6) is 0 Å². The summed E-state index contributed by atoms with van der Waals surface area (Å²) in [6.45, 7) is 5.17. The molecule has 1 saturated carbocycles. The summed E-state index contributed by atoms with van der Waals surface area (Å²) in [4.78, 5) is 4.42. The molecule has 1 N–H and O–H groups in total. The molecule has 1 aromatic heterocycles. The van der Waals surface area contributed by atoms with Gasteiger partial charge in [0.15, 0.2) is 5.82 Å². The van der Waals surface area contributed by atoms with Crippen LogP contribution < -0.4 is 5.32 Å². The molecule has 1 aliphatic rings. The highest BCUT2D eigenvalue weighted by atomic mass is 16.5. The van der Waals surface area contributed by atoms with Gasteiger partial charge in [-0.3, -0.25) is 0 Å². The summed E-state index contributed by atoms with van der Waals surface area (Å²) in [5, 5.41) is 7.56. The van der Waals surface area contributed by atoms with Crippen LogP contribution in [0, 0.1) is 6.92 Å². The molecule has 0 spiro atoms. The van der Waals surface area contributed by atoms with Crippen molar-refractivity contribution in [2.45, 2.75) is 64.3 Å². The van der Waals surface area contributed by atoms with Gasteiger partial charge in [0, 0.05) is 6.04 Å². The topological polar surface area (TPSA) is 51.0 Å². The molecule has 1 aliphatic carbocycles. The second kappa shape index (κ2) is 6.15. The van der Waals surface area contributed by atoms with E-state index >= 15 is 0 Å². The zero-order valence-electron chi connectivity index (χ0n) is 10.9. The Kier molecular flexibility index (Phi) is 4.54. The quantitative estimate of drug-likeness (QED) is 0.818. The summed E-state index contributed by atoms with van der Waals surface area (Å²) in [6.07, 6.45) is 7.48. The highest BCUT2D eigenvalue weighted by Crippen LogP contribution is 2.31. The van der Waals surface area contributed by atoms with Gasteiger partial charge in [0.05, 0.1) is 5.92 Å². The van der Waals surface area contributed by atoms with Crippen molar-refractivity contribution in [2.75, 3.05) is 6.54 Å². The van der Waals surface area contributed by atoms with Crippen LogP contribution in [0.1, 0.15) is 63.1 Å². The molecule has 0 aromatic carbocycles. The van der Waals surface area contributed by atoms with E-state index in [1.54, 1.807) is 0 Å². The summed E-state index contributed by atoms with van der Waals surface area (Å²) in [5.74, 6) is 1.99. The minimum absolute atomic E-state index is 0.408. The standard InChI is InChI=1S/C13H23N3O/c1-3-9-14-12-8-6-4-5-7-11(12)13-15-10(2)16-17-13/h11-12,14H,3-9H2,1-2H3. The Hall–Kier alpha value is -0.900. The van der Waals surface area contributed by atoms with Gasteiger partial charge in [-0.05, 0) is 32.7 Å². The number of hydrogen-bond acceptors (Lipinski definition) is 4. The zero-order chi connectivity index (χ0) is 12.1. The first-order chi connectivity index (χ1) is 8.31. The number of hydrogen-bond donors (Lipinski definition) is 1. The van der Waals surface area contributed by atoms with Crippen molar-refractivity contribution >= 4 is 0 Å². The van der Waals surface area contributed by atoms with Crippen LogP contribution in [-0.2, 0) is 0 Å². The number of nitrogens with zero attached hydrogens (tertiary/aromatic N) is 2. The van der Waals surface area contributed by atoms with Gasteiger partial charge in [-0.25, -0.2) is 0 Å². The van der Waals surface area contributed by atoms with E-state index in [2.05, 4.69) is 22.4 Å². The van der Waals surface area contributed by atoms with E-state index in [9.17, 15) is 0 Å². The molecule has 0 radical (unpaired) electrons. The molecule has 4 heteroatoms. The molecule has 0 aliphatic heterocycles. The lowest BCUT2D eigenvalue weighted by atomic mass is 9.94. The van der Waals surface area contributed by atoms with Crippen molar-refractivity contribution in [3.05, 3.63) is 11.7 Å². The number of nitrogens with one attached hydrogen (secondary N) is 1. The minimum atomic E-state index is 0.408. The van der Waals surface area contributed by atoms with E-state index in [0.717, 1.165) is 18.3 Å². The normalized spacial score (nSPS) is 25.8. The van der Waals surface area contributed by atoms with E-state index < -0.39 is 0 Å². The first-order valence-electron chi connectivity index (χ1n) is 6.85. The summed E-state index contributed by atoms with van der Waals surface area (Å²) < 4.78 is 5.37. The Balaban J connectivity index is 2.08. The third-order valence-electron chi connectivity index (χ3n) is 3.53. The number of aromatic nitrogens is 2. The maximum atomic E-state index is 5.37. The van der Waals surface area contributed by atoms with Crippen molar-refractivity contribution in [2.24, 2.45) is 0 Å². The van der Waals surface area contributed by atoms with Crippen LogP contribution in [-0.4, -0.2) is 22.7 Å². The highest BCUT2D eigenvalue weighted by molar-refractivity contribution is 5.00. The predicted octanol–water partition coefficient (Wildman–Crippen LogP) is 2.79. The molecule has 0 bridgehead atoms. The van der Waals surface area contributed by atoms with E-state index in [0.29, 0.717) is 12.0 Å². The second-order valence-electron chi connectivity index (χ2n) is 4.98. The molecule has 1 heterocycles. The Morgan fingerprint density at radius 2 is 2.12 bits per heavy atom. The molecular weight excluding hydrogens is 214 g/mol. The summed E-state index contributed by atoms with van der Waals surface area (Å²) >= 11 is 0. The van der Waals surface area contributed by atoms with Gasteiger partial charge in [0.1, 0.15) is 0 Å². The van der Waals surface area contributed by atoms with Gasteiger partial charge in [0.25, 0.3) is 0 Å². The Morgan fingerprint density at radius 1 is 1.29 bits per heavy atom. The molecule has 1 fully saturated rings. The molecule has 2 atom stereocenters. The SMILES string of the molecule is CCCNC1CCCCCC1c1nc(C)no1. The Labute approximate surface area is 103 Å². The Morgan fingerprint density at radius 3 is 2.82 bits per heavy atom.